The van der Waals surface area contributed by atoms with Crippen LogP contribution in [0.4, 0.5) is 24.5 Å². The zero-order valence-electron chi connectivity index (χ0n) is 20.1. The molecule has 0 unspecified atom stereocenters. The molecule has 4 rings (SSSR count). The molecule has 2 aliphatic heterocycles. The minimum absolute atomic E-state index is 0. The number of carbonyl (C=O) groups is 2. The van der Waals surface area contributed by atoms with Crippen molar-refractivity contribution in [2.75, 3.05) is 0 Å². The maximum Gasteiger partial charge on any atom is 1.00 e. The van der Waals surface area contributed by atoms with Gasteiger partial charge < -0.3 is 21.8 Å². The number of nitrogens with one attached hydrogen (secondary N) is 1. The smallest absolute Gasteiger partial charge is 1.00 e. The Labute approximate surface area is 288 Å². The van der Waals surface area contributed by atoms with Crippen molar-refractivity contribution in [2.24, 2.45) is 0 Å². The van der Waals surface area contributed by atoms with Gasteiger partial charge in [-0.05, 0) is 22.3 Å². The molecule has 1 amide bonds. The van der Waals surface area contributed by atoms with Crippen molar-refractivity contribution in [3.63, 3.8) is 0 Å². The minimum Gasteiger partial charge on any atom is -1.00 e. The molecule has 17 heteroatoms. The number of amides is 1. The van der Waals surface area contributed by atoms with Crippen molar-refractivity contribution in [3.8, 4) is 0 Å². The SMILES string of the molecule is O=C(N1Cc2ccc([N+](=O)[O-])cc2C1)C(F)(F)F.O=CO[O-].O=[N+]([O-])c1ccc2c(c1)CNC2.[H-].[K+].[K+]. The summed E-state index contributed by atoms with van der Waals surface area (Å²) in [4.78, 5) is 42.8. The molecule has 36 heavy (non-hydrogen) atoms. The monoisotopic (exact) mass is 564 g/mol. The van der Waals surface area contributed by atoms with Crippen molar-refractivity contribution in [1.29, 1.82) is 0 Å². The second kappa shape index (κ2) is 16.2. The Morgan fingerprint density at radius 3 is 1.86 bits per heavy atom. The van der Waals surface area contributed by atoms with E-state index in [0.717, 1.165) is 18.7 Å². The number of hydrogen-bond donors (Lipinski definition) is 1. The molecular weight excluding hydrogens is 547 g/mol. The molecule has 2 aromatic rings. The number of nitro groups is 2. The van der Waals surface area contributed by atoms with Crippen LogP contribution in [-0.4, -0.2) is 33.3 Å². The Kier molecular flexibility index (Phi) is 15.8. The maximum atomic E-state index is 12.2. The molecule has 0 spiro atoms. The molecule has 0 bridgehead atoms. The molecule has 0 saturated carbocycles. The summed E-state index contributed by atoms with van der Waals surface area (Å²) >= 11 is 0. The normalized spacial score (nSPS) is 12.6. The number of alkyl halides is 3. The van der Waals surface area contributed by atoms with Gasteiger partial charge >= 0.3 is 115 Å². The molecule has 1 N–H and O–H groups in total. The number of nitro benzene ring substituents is 2. The number of carbonyl (C=O) groups excluding carboxylic acids is 2. The van der Waals surface area contributed by atoms with Gasteiger partial charge in [0.05, 0.1) is 9.85 Å². The Morgan fingerprint density at radius 1 is 0.944 bits per heavy atom. The Balaban J connectivity index is 0. The minimum atomic E-state index is -4.92. The molecule has 0 saturated heterocycles. The molecule has 2 heterocycles. The number of non-ortho nitro benzene ring substituents is 2. The molecule has 0 fully saturated rings. The first-order chi connectivity index (χ1) is 16.0. The summed E-state index contributed by atoms with van der Waals surface area (Å²) in [5.74, 6) is -1.93. The van der Waals surface area contributed by atoms with Gasteiger partial charge in [-0.15, -0.1) is 0 Å². The zero-order valence-corrected chi connectivity index (χ0v) is 25.4. The third-order valence-electron chi connectivity index (χ3n) is 4.72. The summed E-state index contributed by atoms with van der Waals surface area (Å²) in [5.41, 5.74) is 3.07. The third kappa shape index (κ3) is 10.1. The van der Waals surface area contributed by atoms with Crippen molar-refractivity contribution in [1.82, 2.24) is 10.2 Å². The first-order valence-corrected chi connectivity index (χ1v) is 9.29. The van der Waals surface area contributed by atoms with Crippen LogP contribution < -0.4 is 113 Å². The molecule has 0 radical (unpaired) electrons. The van der Waals surface area contributed by atoms with E-state index in [1.54, 1.807) is 12.1 Å². The van der Waals surface area contributed by atoms with Crippen LogP contribution in [0, 0.1) is 20.2 Å². The first-order valence-electron chi connectivity index (χ1n) is 9.29. The topological polar surface area (TPSA) is 168 Å². The van der Waals surface area contributed by atoms with E-state index in [4.69, 9.17) is 10.1 Å². The van der Waals surface area contributed by atoms with Crippen LogP contribution in [0.3, 0.4) is 0 Å². The van der Waals surface area contributed by atoms with Gasteiger partial charge in [-0.25, -0.2) is 0 Å². The van der Waals surface area contributed by atoms with Crippen LogP contribution in [-0.2, 0) is 40.7 Å². The number of benzene rings is 2. The van der Waals surface area contributed by atoms with Gasteiger partial charge in [0, 0.05) is 50.4 Å². The summed E-state index contributed by atoms with van der Waals surface area (Å²) in [6.07, 6.45) is -4.92. The second-order valence-corrected chi connectivity index (χ2v) is 6.88. The van der Waals surface area contributed by atoms with E-state index in [1.807, 2.05) is 6.07 Å². The van der Waals surface area contributed by atoms with Crippen LogP contribution in [0.25, 0.3) is 0 Å². The molecular formula is C19H17F3K2N4O8. The summed E-state index contributed by atoms with van der Waals surface area (Å²) < 4.78 is 36.7. The largest absolute Gasteiger partial charge is 1.00 e. The van der Waals surface area contributed by atoms with Crippen molar-refractivity contribution in [3.05, 3.63) is 78.9 Å². The Hall–Kier alpha value is -0.837. The average molecular weight is 565 g/mol. The van der Waals surface area contributed by atoms with Crippen molar-refractivity contribution >= 4 is 23.8 Å². The third-order valence-corrected chi connectivity index (χ3v) is 4.72. The van der Waals surface area contributed by atoms with Crippen LogP contribution in [0.1, 0.15) is 23.7 Å². The fraction of sp³-hybridized carbons (Fsp3) is 0.263. The standard InChI is InChI=1S/C10H7F3N2O3.C8H8N2O2.CH2O3.2K.H/c11-10(12,13)9(16)14-4-6-1-2-8(15(17)18)3-7(6)5-14;11-10(12)8-2-1-6-4-9-5-7(6)3-8;2-1-4-3;;;/h1-3H,4-5H2;1-3,9H,4-5H2;1,3H;;;/q;;;2*+1;-1/p-1. The average Bonchev–Trinajstić information content (AvgIpc) is 3.44. The van der Waals surface area contributed by atoms with Gasteiger partial charge in [-0.2, -0.15) is 13.2 Å². The number of fused-ring (bicyclic) bond motifs is 2. The van der Waals surface area contributed by atoms with E-state index in [0.29, 0.717) is 16.0 Å². The second-order valence-electron chi connectivity index (χ2n) is 6.88. The maximum absolute atomic E-state index is 12.2. The summed E-state index contributed by atoms with van der Waals surface area (Å²) in [5, 5.41) is 32.5. The zero-order chi connectivity index (χ0) is 25.5. The quantitative estimate of drug-likeness (QED) is 0.128. The van der Waals surface area contributed by atoms with E-state index in [2.05, 4.69) is 10.2 Å². The molecule has 2 aliphatic rings. The van der Waals surface area contributed by atoms with Gasteiger partial charge in [0.2, 0.25) is 0 Å². The summed E-state index contributed by atoms with van der Waals surface area (Å²) in [6, 6.07) is 8.77. The van der Waals surface area contributed by atoms with E-state index < -0.39 is 17.0 Å². The van der Waals surface area contributed by atoms with Gasteiger partial charge in [0.1, 0.15) is 0 Å². The fourth-order valence-corrected chi connectivity index (χ4v) is 3.21. The molecule has 184 valence electrons. The molecule has 0 atom stereocenters. The van der Waals surface area contributed by atoms with Gasteiger partial charge in [0.25, 0.3) is 17.8 Å². The van der Waals surface area contributed by atoms with E-state index in [-0.39, 0.29) is 140 Å². The van der Waals surface area contributed by atoms with Gasteiger partial charge in [0.15, 0.2) is 0 Å². The van der Waals surface area contributed by atoms with Crippen molar-refractivity contribution in [2.45, 2.75) is 32.4 Å². The summed E-state index contributed by atoms with van der Waals surface area (Å²) in [6.45, 7) is 0.964. The molecule has 0 aliphatic carbocycles. The van der Waals surface area contributed by atoms with E-state index in [1.165, 1.54) is 23.8 Å². The Morgan fingerprint density at radius 2 is 1.39 bits per heavy atom. The van der Waals surface area contributed by atoms with Crippen LogP contribution in [0.15, 0.2) is 36.4 Å². The van der Waals surface area contributed by atoms with Crippen LogP contribution in [0.5, 0.6) is 0 Å². The Bertz CT molecular complexity index is 1110. The molecule has 0 aromatic heterocycles. The predicted octanol–water partition coefficient (Wildman–Crippen LogP) is -4.25. The van der Waals surface area contributed by atoms with Crippen molar-refractivity contribution < 1.29 is 147 Å². The van der Waals surface area contributed by atoms with Crippen LogP contribution in [0.2, 0.25) is 0 Å². The number of nitrogens with zero attached hydrogens (tertiary/aromatic N) is 3. The number of hydrogen-bond acceptors (Lipinski definition) is 9. The molecule has 2 aromatic carbocycles. The van der Waals surface area contributed by atoms with Crippen LogP contribution >= 0.6 is 0 Å². The van der Waals surface area contributed by atoms with E-state index >= 15 is 0 Å². The number of rotatable bonds is 3. The molecule has 12 nitrogen and oxygen atoms in total. The number of halogens is 3. The van der Waals surface area contributed by atoms with Gasteiger partial charge in [-0.1, -0.05) is 12.1 Å². The fourth-order valence-electron chi connectivity index (χ4n) is 3.21. The van der Waals surface area contributed by atoms with Gasteiger partial charge in [-0.3, -0.25) is 29.8 Å². The van der Waals surface area contributed by atoms with E-state index in [9.17, 15) is 38.2 Å². The summed E-state index contributed by atoms with van der Waals surface area (Å²) in [7, 11) is 0. The predicted molar refractivity (Wildman–Crippen MR) is 105 cm³/mol. The first kappa shape index (κ1) is 35.2.